The van der Waals surface area contributed by atoms with Gasteiger partial charge in [0.1, 0.15) is 22.6 Å². The quantitative estimate of drug-likeness (QED) is 0.426. The molecule has 1 aromatic heterocycles. The second kappa shape index (κ2) is 10.9. The van der Waals surface area contributed by atoms with E-state index in [1.165, 1.54) is 26.0 Å². The van der Waals surface area contributed by atoms with Gasteiger partial charge in [0.2, 0.25) is 5.91 Å². The molecule has 0 unspecified atom stereocenters. The molecule has 0 aliphatic carbocycles. The molecule has 0 atom stereocenters. The van der Waals surface area contributed by atoms with Crippen molar-refractivity contribution in [3.8, 4) is 28.8 Å². The number of carbonyl (C=O) groups excluding carboxylic acids is 1. The summed E-state index contributed by atoms with van der Waals surface area (Å²) in [7, 11) is 3.01. The first-order chi connectivity index (χ1) is 15.4. The van der Waals surface area contributed by atoms with Gasteiger partial charge in [-0.1, -0.05) is 41.4 Å². The maximum atomic E-state index is 12.5. The van der Waals surface area contributed by atoms with E-state index in [-0.39, 0.29) is 12.3 Å². The fourth-order valence-electron chi connectivity index (χ4n) is 2.93. The van der Waals surface area contributed by atoms with Crippen LogP contribution in [0.4, 0.5) is 5.69 Å². The molecule has 1 heterocycles. The van der Waals surface area contributed by atoms with Gasteiger partial charge in [0.05, 0.1) is 36.2 Å². The Kier molecular flexibility index (Phi) is 7.98. The molecular weight excluding hydrogens is 446 g/mol. The molecule has 3 aromatic rings. The highest BCUT2D eigenvalue weighted by atomic mass is 35.5. The Balaban J connectivity index is 1.67. The third-order valence-corrected chi connectivity index (χ3v) is 5.93. The van der Waals surface area contributed by atoms with Crippen molar-refractivity contribution in [2.24, 2.45) is 0 Å². The Bertz CT molecular complexity index is 1160. The molecule has 1 amide bonds. The number of hydrogen-bond donors (Lipinski definition) is 1. The minimum atomic E-state index is -0.203. The van der Waals surface area contributed by atoms with Gasteiger partial charge in [-0.3, -0.25) is 4.79 Å². The molecule has 0 saturated heterocycles. The van der Waals surface area contributed by atoms with Crippen LogP contribution in [0.3, 0.4) is 0 Å². The van der Waals surface area contributed by atoms with Crippen molar-refractivity contribution in [3.63, 3.8) is 0 Å². The number of hydrogen-bond acceptors (Lipinski definition) is 6. The Morgan fingerprint density at radius 1 is 1.12 bits per heavy atom. The van der Waals surface area contributed by atoms with Crippen molar-refractivity contribution >= 4 is 35.0 Å². The van der Waals surface area contributed by atoms with Crippen LogP contribution >= 0.6 is 23.4 Å². The summed E-state index contributed by atoms with van der Waals surface area (Å²) in [6.45, 7) is 2.03. The van der Waals surface area contributed by atoms with Crippen LogP contribution in [0.1, 0.15) is 17.5 Å². The number of carbonyl (C=O) groups is 1. The third-order valence-electron chi connectivity index (χ3n) is 4.64. The summed E-state index contributed by atoms with van der Waals surface area (Å²) in [5.41, 5.74) is 3.87. The van der Waals surface area contributed by atoms with Crippen LogP contribution in [0.25, 0.3) is 11.3 Å². The molecule has 32 heavy (non-hydrogen) atoms. The van der Waals surface area contributed by atoms with Gasteiger partial charge < -0.3 is 14.8 Å². The molecule has 0 aliphatic heterocycles. The lowest BCUT2D eigenvalue weighted by Crippen LogP contribution is -2.13. The summed E-state index contributed by atoms with van der Waals surface area (Å²) in [6.07, 6.45) is 0.221. The van der Waals surface area contributed by atoms with E-state index in [0.717, 1.165) is 16.8 Å². The Hall–Kier alpha value is -3.21. The topological polar surface area (TPSA) is 84.2 Å². The van der Waals surface area contributed by atoms with Crippen molar-refractivity contribution in [2.75, 3.05) is 25.3 Å². The van der Waals surface area contributed by atoms with Gasteiger partial charge in [0.25, 0.3) is 0 Å². The maximum Gasteiger partial charge on any atom is 0.225 e. The number of aromatic nitrogens is 1. The number of nitrogens with one attached hydrogen (secondary N) is 1. The molecule has 3 rings (SSSR count). The van der Waals surface area contributed by atoms with Gasteiger partial charge in [-0.25, -0.2) is 4.98 Å². The van der Waals surface area contributed by atoms with Crippen LogP contribution in [0.15, 0.2) is 53.6 Å². The van der Waals surface area contributed by atoms with Gasteiger partial charge in [-0.2, -0.15) is 5.26 Å². The Morgan fingerprint density at radius 2 is 1.84 bits per heavy atom. The van der Waals surface area contributed by atoms with Crippen LogP contribution in [-0.2, 0) is 4.79 Å². The molecule has 0 spiro atoms. The van der Waals surface area contributed by atoms with E-state index in [9.17, 15) is 10.1 Å². The van der Waals surface area contributed by atoms with Crippen molar-refractivity contribution in [1.82, 2.24) is 4.98 Å². The summed E-state index contributed by atoms with van der Waals surface area (Å²) >= 11 is 7.53. The number of thioether (sulfide) groups is 1. The average molecular weight is 468 g/mol. The van der Waals surface area contributed by atoms with Crippen molar-refractivity contribution in [1.29, 1.82) is 5.26 Å². The number of ether oxygens (including phenoxy) is 2. The fraction of sp³-hybridized carbons (Fsp3) is 0.208. The van der Waals surface area contributed by atoms with Crippen LogP contribution in [0.5, 0.6) is 11.5 Å². The zero-order chi connectivity index (χ0) is 23.1. The van der Waals surface area contributed by atoms with E-state index >= 15 is 0 Å². The monoisotopic (exact) mass is 467 g/mol. The first kappa shape index (κ1) is 23.5. The first-order valence-corrected chi connectivity index (χ1v) is 11.1. The average Bonchev–Trinajstić information content (AvgIpc) is 2.79. The fourth-order valence-corrected chi connectivity index (χ4v) is 4.09. The predicted octanol–water partition coefficient (Wildman–Crippen LogP) is 5.72. The number of halogens is 1. The smallest absolute Gasteiger partial charge is 0.225 e. The van der Waals surface area contributed by atoms with Crippen molar-refractivity contribution in [3.05, 3.63) is 64.7 Å². The standard InChI is InChI=1S/C24H22ClN3O3S/c1-15-4-6-16(7-5-15)19-9-8-17(14-26)24(28-19)32-11-10-23(29)27-20-12-18(25)21(30-2)13-22(20)31-3/h4-9,12-13H,10-11H2,1-3H3,(H,27,29). The van der Waals surface area contributed by atoms with Crippen LogP contribution in [0.2, 0.25) is 5.02 Å². The van der Waals surface area contributed by atoms with Crippen molar-refractivity contribution in [2.45, 2.75) is 18.4 Å². The van der Waals surface area contributed by atoms with E-state index < -0.39 is 0 Å². The molecule has 1 N–H and O–H groups in total. The number of amides is 1. The second-order valence-corrected chi connectivity index (χ2v) is 8.35. The number of anilines is 1. The zero-order valence-electron chi connectivity index (χ0n) is 17.9. The number of nitriles is 1. The van der Waals surface area contributed by atoms with E-state index in [2.05, 4.69) is 16.4 Å². The van der Waals surface area contributed by atoms with Gasteiger partial charge in [-0.15, -0.1) is 11.8 Å². The molecular formula is C24H22ClN3O3S. The van der Waals surface area contributed by atoms with Gasteiger partial charge >= 0.3 is 0 Å². The summed E-state index contributed by atoms with van der Waals surface area (Å²) < 4.78 is 10.5. The lowest BCUT2D eigenvalue weighted by atomic mass is 10.1. The lowest BCUT2D eigenvalue weighted by molar-refractivity contribution is -0.115. The number of nitrogens with zero attached hydrogens (tertiary/aromatic N) is 2. The largest absolute Gasteiger partial charge is 0.495 e. The molecule has 2 aromatic carbocycles. The number of rotatable bonds is 8. The number of pyridine rings is 1. The second-order valence-electron chi connectivity index (χ2n) is 6.86. The summed E-state index contributed by atoms with van der Waals surface area (Å²) in [6, 6.07) is 17.0. The maximum absolute atomic E-state index is 12.5. The molecule has 6 nitrogen and oxygen atoms in total. The van der Waals surface area contributed by atoms with Gasteiger partial charge in [-0.05, 0) is 25.1 Å². The minimum absolute atomic E-state index is 0.203. The highest BCUT2D eigenvalue weighted by Crippen LogP contribution is 2.36. The van der Waals surface area contributed by atoms with Crippen LogP contribution < -0.4 is 14.8 Å². The number of methoxy groups -OCH3 is 2. The van der Waals surface area contributed by atoms with E-state index in [0.29, 0.717) is 38.6 Å². The van der Waals surface area contributed by atoms with Gasteiger partial charge in [0.15, 0.2) is 0 Å². The van der Waals surface area contributed by atoms with Crippen LogP contribution in [-0.4, -0.2) is 30.9 Å². The number of benzene rings is 2. The predicted molar refractivity (Wildman–Crippen MR) is 128 cm³/mol. The van der Waals surface area contributed by atoms with E-state index in [4.69, 9.17) is 21.1 Å². The van der Waals surface area contributed by atoms with Crippen molar-refractivity contribution < 1.29 is 14.3 Å². The zero-order valence-corrected chi connectivity index (χ0v) is 19.5. The number of aryl methyl sites for hydroxylation is 1. The first-order valence-electron chi connectivity index (χ1n) is 9.77. The molecule has 0 radical (unpaired) electrons. The third kappa shape index (κ3) is 5.72. The summed E-state index contributed by atoms with van der Waals surface area (Å²) in [5.74, 6) is 1.16. The normalized spacial score (nSPS) is 10.3. The molecule has 0 bridgehead atoms. The highest BCUT2D eigenvalue weighted by Gasteiger charge is 2.14. The molecule has 0 fully saturated rings. The Labute approximate surface area is 196 Å². The Morgan fingerprint density at radius 3 is 2.50 bits per heavy atom. The summed E-state index contributed by atoms with van der Waals surface area (Å²) in [4.78, 5) is 17.1. The molecule has 0 aliphatic rings. The minimum Gasteiger partial charge on any atom is -0.495 e. The highest BCUT2D eigenvalue weighted by molar-refractivity contribution is 7.99. The summed E-state index contributed by atoms with van der Waals surface area (Å²) in [5, 5.41) is 13.2. The molecule has 0 saturated carbocycles. The molecule has 164 valence electrons. The van der Waals surface area contributed by atoms with E-state index in [1.54, 1.807) is 18.2 Å². The molecule has 8 heteroatoms. The lowest BCUT2D eigenvalue weighted by Gasteiger charge is -2.13. The van der Waals surface area contributed by atoms with E-state index in [1.807, 2.05) is 37.3 Å². The van der Waals surface area contributed by atoms with Gasteiger partial charge in [0, 0.05) is 23.8 Å². The SMILES string of the molecule is COc1cc(OC)c(NC(=O)CCSc2nc(-c3ccc(C)cc3)ccc2C#N)cc1Cl. The van der Waals surface area contributed by atoms with Crippen LogP contribution in [0, 0.1) is 18.3 Å².